The average molecular weight is 237 g/mol. The van der Waals surface area contributed by atoms with Crippen LogP contribution >= 0.6 is 0 Å². The zero-order chi connectivity index (χ0) is 13.0. The molecule has 0 aliphatic heterocycles. The van der Waals surface area contributed by atoms with E-state index in [-0.39, 0.29) is 5.82 Å². The Kier molecular flexibility index (Phi) is 5.13. The van der Waals surface area contributed by atoms with Crippen molar-refractivity contribution in [3.05, 3.63) is 35.1 Å². The lowest BCUT2D eigenvalue weighted by atomic mass is 9.88. The van der Waals surface area contributed by atoms with Crippen LogP contribution in [0, 0.1) is 18.7 Å². The van der Waals surface area contributed by atoms with Gasteiger partial charge >= 0.3 is 0 Å². The molecule has 0 heterocycles. The van der Waals surface area contributed by atoms with Crippen molar-refractivity contribution < 1.29 is 4.39 Å². The minimum atomic E-state index is -0.0987. The number of rotatable bonds is 5. The summed E-state index contributed by atoms with van der Waals surface area (Å²) in [6.07, 6.45) is 0. The second kappa shape index (κ2) is 6.15. The summed E-state index contributed by atoms with van der Waals surface area (Å²) in [7, 11) is 0. The predicted molar refractivity (Wildman–Crippen MR) is 71.9 cm³/mol. The average Bonchev–Trinajstić information content (AvgIpc) is 2.28. The van der Waals surface area contributed by atoms with Crippen LogP contribution in [0.3, 0.4) is 0 Å². The fourth-order valence-electron chi connectivity index (χ4n) is 1.82. The number of halogens is 1. The molecule has 1 N–H and O–H groups in total. The molecule has 0 saturated heterocycles. The number of nitrogens with one attached hydrogen (secondary N) is 1. The van der Waals surface area contributed by atoms with Crippen LogP contribution in [0.2, 0.25) is 0 Å². The Balaban J connectivity index is 2.67. The molecule has 0 fully saturated rings. The molecule has 0 saturated carbocycles. The number of hydrogen-bond acceptors (Lipinski definition) is 1. The van der Waals surface area contributed by atoms with Crippen LogP contribution in [0.5, 0.6) is 0 Å². The summed E-state index contributed by atoms with van der Waals surface area (Å²) in [4.78, 5) is 0. The van der Waals surface area contributed by atoms with Crippen LogP contribution in [-0.2, 0) is 0 Å². The van der Waals surface area contributed by atoms with E-state index in [1.807, 2.05) is 12.1 Å². The number of aryl methyl sites for hydroxylation is 1. The summed E-state index contributed by atoms with van der Waals surface area (Å²) in [6.45, 7) is 11.4. The molecule has 96 valence electrons. The van der Waals surface area contributed by atoms with Crippen LogP contribution < -0.4 is 5.32 Å². The van der Waals surface area contributed by atoms with Gasteiger partial charge in [0.1, 0.15) is 5.82 Å². The van der Waals surface area contributed by atoms with Gasteiger partial charge in [-0.05, 0) is 42.5 Å². The molecule has 2 heteroatoms. The lowest BCUT2D eigenvalue weighted by Gasteiger charge is -2.22. The quantitative estimate of drug-likeness (QED) is 0.819. The monoisotopic (exact) mass is 237 g/mol. The molecule has 0 aromatic heterocycles. The molecular weight excluding hydrogens is 213 g/mol. The molecule has 0 spiro atoms. The minimum Gasteiger partial charge on any atom is -0.314 e. The normalized spacial score (nSPS) is 15.0. The SMILES string of the molecule is Cc1ccc(C(C)C(C)CNC(C)C)cc1F. The van der Waals surface area contributed by atoms with Crippen LogP contribution in [0.1, 0.15) is 44.7 Å². The largest absolute Gasteiger partial charge is 0.314 e. The van der Waals surface area contributed by atoms with Crippen molar-refractivity contribution in [1.82, 2.24) is 5.32 Å². The molecule has 0 radical (unpaired) electrons. The van der Waals surface area contributed by atoms with Gasteiger partial charge < -0.3 is 5.32 Å². The second-order valence-corrected chi connectivity index (χ2v) is 5.34. The molecule has 2 unspecified atom stereocenters. The van der Waals surface area contributed by atoms with E-state index in [0.717, 1.165) is 12.1 Å². The molecule has 0 bridgehead atoms. The van der Waals surface area contributed by atoms with Crippen LogP contribution in [0.25, 0.3) is 0 Å². The highest BCUT2D eigenvalue weighted by molar-refractivity contribution is 5.26. The summed E-state index contributed by atoms with van der Waals surface area (Å²) >= 11 is 0. The van der Waals surface area contributed by atoms with Gasteiger partial charge in [0.05, 0.1) is 0 Å². The molecule has 2 atom stereocenters. The van der Waals surface area contributed by atoms with Gasteiger partial charge in [-0.1, -0.05) is 39.8 Å². The molecule has 1 aromatic carbocycles. The summed E-state index contributed by atoms with van der Waals surface area (Å²) < 4.78 is 13.5. The molecule has 1 aromatic rings. The van der Waals surface area contributed by atoms with Gasteiger partial charge in [0.15, 0.2) is 0 Å². The summed E-state index contributed by atoms with van der Waals surface area (Å²) in [5.74, 6) is 0.772. The van der Waals surface area contributed by atoms with Crippen molar-refractivity contribution in [2.24, 2.45) is 5.92 Å². The fourth-order valence-corrected chi connectivity index (χ4v) is 1.82. The molecular formula is C15H24FN. The zero-order valence-corrected chi connectivity index (χ0v) is 11.5. The minimum absolute atomic E-state index is 0.0987. The van der Waals surface area contributed by atoms with Crippen molar-refractivity contribution >= 4 is 0 Å². The maximum atomic E-state index is 13.5. The Morgan fingerprint density at radius 3 is 2.35 bits per heavy atom. The predicted octanol–water partition coefficient (Wildman–Crippen LogP) is 3.87. The van der Waals surface area contributed by atoms with Crippen molar-refractivity contribution in [3.8, 4) is 0 Å². The van der Waals surface area contributed by atoms with E-state index in [0.29, 0.717) is 23.4 Å². The van der Waals surface area contributed by atoms with Gasteiger partial charge in [0, 0.05) is 6.04 Å². The van der Waals surface area contributed by atoms with E-state index < -0.39 is 0 Å². The molecule has 1 rings (SSSR count). The lowest BCUT2D eigenvalue weighted by molar-refractivity contribution is 0.425. The van der Waals surface area contributed by atoms with E-state index in [1.165, 1.54) is 0 Å². The van der Waals surface area contributed by atoms with Gasteiger partial charge in [0.25, 0.3) is 0 Å². The van der Waals surface area contributed by atoms with Gasteiger partial charge in [-0.25, -0.2) is 4.39 Å². The van der Waals surface area contributed by atoms with Crippen molar-refractivity contribution in [2.45, 2.75) is 46.6 Å². The Morgan fingerprint density at radius 2 is 1.82 bits per heavy atom. The van der Waals surface area contributed by atoms with Gasteiger partial charge in [-0.15, -0.1) is 0 Å². The second-order valence-electron chi connectivity index (χ2n) is 5.34. The highest BCUT2D eigenvalue weighted by Gasteiger charge is 2.15. The van der Waals surface area contributed by atoms with Crippen molar-refractivity contribution in [3.63, 3.8) is 0 Å². The van der Waals surface area contributed by atoms with Crippen LogP contribution in [0.15, 0.2) is 18.2 Å². The summed E-state index contributed by atoms with van der Waals surface area (Å²) in [5.41, 5.74) is 1.81. The first-order chi connectivity index (χ1) is 7.91. The molecule has 1 nitrogen and oxygen atoms in total. The highest BCUT2D eigenvalue weighted by atomic mass is 19.1. The van der Waals surface area contributed by atoms with E-state index in [2.05, 4.69) is 33.0 Å². The zero-order valence-electron chi connectivity index (χ0n) is 11.5. The third kappa shape index (κ3) is 4.12. The summed E-state index contributed by atoms with van der Waals surface area (Å²) in [5, 5.41) is 3.43. The van der Waals surface area contributed by atoms with Crippen molar-refractivity contribution in [2.75, 3.05) is 6.54 Å². The van der Waals surface area contributed by atoms with Crippen LogP contribution in [-0.4, -0.2) is 12.6 Å². The lowest BCUT2D eigenvalue weighted by Crippen LogP contribution is -2.29. The van der Waals surface area contributed by atoms with Crippen molar-refractivity contribution in [1.29, 1.82) is 0 Å². The smallest absolute Gasteiger partial charge is 0.126 e. The van der Waals surface area contributed by atoms with Gasteiger partial charge in [-0.2, -0.15) is 0 Å². The Hall–Kier alpha value is -0.890. The van der Waals surface area contributed by atoms with Gasteiger partial charge in [-0.3, -0.25) is 0 Å². The Morgan fingerprint density at radius 1 is 1.18 bits per heavy atom. The van der Waals surface area contributed by atoms with E-state index in [9.17, 15) is 4.39 Å². The standard InChI is InChI=1S/C15H24FN/c1-10(2)17-9-12(4)13(5)14-7-6-11(3)15(16)8-14/h6-8,10,12-13,17H,9H2,1-5H3. The van der Waals surface area contributed by atoms with E-state index in [4.69, 9.17) is 0 Å². The molecule has 17 heavy (non-hydrogen) atoms. The summed E-state index contributed by atoms with van der Waals surface area (Å²) in [6, 6.07) is 6.07. The highest BCUT2D eigenvalue weighted by Crippen LogP contribution is 2.25. The maximum Gasteiger partial charge on any atom is 0.126 e. The molecule has 0 amide bonds. The number of hydrogen-bond donors (Lipinski definition) is 1. The first-order valence-corrected chi connectivity index (χ1v) is 6.41. The fraction of sp³-hybridized carbons (Fsp3) is 0.600. The van der Waals surface area contributed by atoms with E-state index in [1.54, 1.807) is 13.0 Å². The van der Waals surface area contributed by atoms with Gasteiger partial charge in [0.2, 0.25) is 0 Å². The third-order valence-corrected chi connectivity index (χ3v) is 3.42. The van der Waals surface area contributed by atoms with E-state index >= 15 is 0 Å². The maximum absolute atomic E-state index is 13.5. The topological polar surface area (TPSA) is 12.0 Å². The molecule has 0 aliphatic carbocycles. The first kappa shape index (κ1) is 14.2. The van der Waals surface area contributed by atoms with Crippen LogP contribution in [0.4, 0.5) is 4.39 Å². The first-order valence-electron chi connectivity index (χ1n) is 6.41. The molecule has 0 aliphatic rings. The Bertz CT molecular complexity index is 360. The number of benzene rings is 1. The third-order valence-electron chi connectivity index (χ3n) is 3.42. The Labute approximate surface area is 104 Å².